The number of piperazine rings is 3. The minimum atomic E-state index is 0.453. The van der Waals surface area contributed by atoms with Crippen molar-refractivity contribution in [3.63, 3.8) is 0 Å². The Bertz CT molecular complexity index is 407. The molecule has 0 aromatic heterocycles. The molecule has 104 valence electrons. The quantitative estimate of drug-likeness (QED) is 0.884. The van der Waals surface area contributed by atoms with E-state index in [0.29, 0.717) is 12.1 Å². The van der Waals surface area contributed by atoms with Gasteiger partial charge in [0.25, 0.3) is 0 Å². The molecule has 1 aromatic carbocycles. The Morgan fingerprint density at radius 1 is 1.16 bits per heavy atom. The summed E-state index contributed by atoms with van der Waals surface area (Å²) in [6.07, 6.45) is 1.12. The summed E-state index contributed by atoms with van der Waals surface area (Å²) in [7, 11) is 2.09. The van der Waals surface area contributed by atoms with Crippen molar-refractivity contribution >= 4 is 0 Å². The maximum absolute atomic E-state index is 3.54. The van der Waals surface area contributed by atoms with Crippen LogP contribution in [0.3, 0.4) is 0 Å². The van der Waals surface area contributed by atoms with Gasteiger partial charge in [-0.05, 0) is 24.6 Å². The zero-order chi connectivity index (χ0) is 13.2. The highest BCUT2D eigenvalue weighted by Gasteiger charge is 2.36. The summed E-state index contributed by atoms with van der Waals surface area (Å²) < 4.78 is 0. The van der Waals surface area contributed by atoms with Crippen LogP contribution in [0.1, 0.15) is 24.1 Å². The van der Waals surface area contributed by atoms with Crippen molar-refractivity contribution < 1.29 is 0 Å². The van der Waals surface area contributed by atoms with E-state index < -0.39 is 0 Å². The van der Waals surface area contributed by atoms with E-state index in [1.807, 2.05) is 0 Å². The van der Waals surface area contributed by atoms with Crippen molar-refractivity contribution in [2.24, 2.45) is 0 Å². The average Bonchev–Trinajstić information content (AvgIpc) is 2.50. The lowest BCUT2D eigenvalue weighted by atomic mass is 9.93. The number of hydrogen-bond donors (Lipinski definition) is 1. The number of nitrogens with one attached hydrogen (secondary N) is 1. The normalized spacial score (nSPS) is 31.4. The Labute approximate surface area is 116 Å². The molecule has 0 spiro atoms. The van der Waals surface area contributed by atoms with Gasteiger partial charge in [0, 0.05) is 44.8 Å². The molecule has 2 atom stereocenters. The third-order valence-electron chi connectivity index (χ3n) is 4.76. The molecule has 1 aromatic rings. The smallest absolute Gasteiger partial charge is 0.0488 e. The van der Waals surface area contributed by atoms with Crippen LogP contribution in [0.25, 0.3) is 0 Å². The molecule has 0 amide bonds. The van der Waals surface area contributed by atoms with E-state index >= 15 is 0 Å². The number of benzene rings is 1. The number of aryl methyl sites for hydroxylation is 1. The fourth-order valence-corrected chi connectivity index (χ4v) is 3.52. The highest BCUT2D eigenvalue weighted by atomic mass is 15.4. The number of hydrogen-bond acceptors (Lipinski definition) is 3. The summed E-state index contributed by atoms with van der Waals surface area (Å²) in [5, 5.41) is 3.54. The first kappa shape index (κ1) is 13.1. The van der Waals surface area contributed by atoms with Crippen molar-refractivity contribution in [1.29, 1.82) is 0 Å². The molecule has 19 heavy (non-hydrogen) atoms. The summed E-state index contributed by atoms with van der Waals surface area (Å²) >= 11 is 0. The van der Waals surface area contributed by atoms with Crippen LogP contribution in [0.5, 0.6) is 0 Å². The van der Waals surface area contributed by atoms with E-state index in [9.17, 15) is 0 Å². The number of nitrogens with zero attached hydrogens (tertiary/aromatic N) is 2. The first-order chi connectivity index (χ1) is 9.31. The number of fused-ring (bicyclic) bond motifs is 3. The predicted molar refractivity (Wildman–Crippen MR) is 79.4 cm³/mol. The van der Waals surface area contributed by atoms with Gasteiger partial charge >= 0.3 is 0 Å². The molecule has 4 rings (SSSR count). The second-order valence-corrected chi connectivity index (χ2v) is 5.77. The van der Waals surface area contributed by atoms with E-state index in [2.05, 4.69) is 53.4 Å². The van der Waals surface area contributed by atoms with Gasteiger partial charge < -0.3 is 5.32 Å². The molecule has 3 saturated heterocycles. The van der Waals surface area contributed by atoms with Gasteiger partial charge in [0.05, 0.1) is 0 Å². The van der Waals surface area contributed by atoms with Gasteiger partial charge in [-0.3, -0.25) is 9.80 Å². The summed E-state index contributed by atoms with van der Waals surface area (Å²) in [4.78, 5) is 5.27. The molecule has 1 N–H and O–H groups in total. The van der Waals surface area contributed by atoms with Crippen molar-refractivity contribution in [1.82, 2.24) is 15.1 Å². The molecule has 3 aliphatic heterocycles. The van der Waals surface area contributed by atoms with Crippen LogP contribution < -0.4 is 5.32 Å². The van der Waals surface area contributed by atoms with Crippen LogP contribution in [0.4, 0.5) is 0 Å². The Kier molecular flexibility index (Phi) is 3.87. The maximum Gasteiger partial charge on any atom is 0.0488 e. The zero-order valence-corrected chi connectivity index (χ0v) is 12.1. The third-order valence-corrected chi connectivity index (χ3v) is 4.76. The molecular weight excluding hydrogens is 234 g/mol. The Morgan fingerprint density at radius 2 is 1.84 bits per heavy atom. The van der Waals surface area contributed by atoms with Crippen LogP contribution in [-0.2, 0) is 6.42 Å². The highest BCUT2D eigenvalue weighted by Crippen LogP contribution is 2.27. The third kappa shape index (κ3) is 2.55. The largest absolute Gasteiger partial charge is 0.312 e. The second kappa shape index (κ2) is 5.61. The Balaban J connectivity index is 1.79. The molecule has 3 aliphatic rings. The summed E-state index contributed by atoms with van der Waals surface area (Å²) in [6, 6.07) is 10.2. The van der Waals surface area contributed by atoms with Gasteiger partial charge in [-0.2, -0.15) is 0 Å². The average molecular weight is 259 g/mol. The lowest BCUT2D eigenvalue weighted by Crippen LogP contribution is -2.63. The molecule has 3 nitrogen and oxygen atoms in total. The monoisotopic (exact) mass is 259 g/mol. The lowest BCUT2D eigenvalue weighted by molar-refractivity contribution is -0.00254. The second-order valence-electron chi connectivity index (χ2n) is 5.77. The molecule has 2 unspecified atom stereocenters. The van der Waals surface area contributed by atoms with Crippen LogP contribution in [-0.4, -0.2) is 55.6 Å². The maximum atomic E-state index is 3.54. The van der Waals surface area contributed by atoms with Gasteiger partial charge in [-0.25, -0.2) is 0 Å². The SMILES string of the molecule is CCc1ccc(C(NC)C2CN3CCN2CC3)cc1. The lowest BCUT2D eigenvalue weighted by Gasteiger charge is -2.50. The van der Waals surface area contributed by atoms with Crippen LogP contribution >= 0.6 is 0 Å². The Morgan fingerprint density at radius 3 is 2.32 bits per heavy atom. The topological polar surface area (TPSA) is 18.5 Å². The van der Waals surface area contributed by atoms with E-state index in [0.717, 1.165) is 6.42 Å². The molecule has 3 heteroatoms. The van der Waals surface area contributed by atoms with E-state index in [-0.39, 0.29) is 0 Å². The number of rotatable bonds is 4. The molecule has 0 radical (unpaired) electrons. The molecule has 3 heterocycles. The summed E-state index contributed by atoms with van der Waals surface area (Å²) in [5.74, 6) is 0. The van der Waals surface area contributed by atoms with E-state index in [1.54, 1.807) is 0 Å². The summed E-state index contributed by atoms with van der Waals surface area (Å²) in [6.45, 7) is 8.39. The molecule has 2 bridgehead atoms. The van der Waals surface area contributed by atoms with Crippen LogP contribution in [0, 0.1) is 0 Å². The predicted octanol–water partition coefficient (Wildman–Crippen LogP) is 1.51. The van der Waals surface area contributed by atoms with Gasteiger partial charge in [0.15, 0.2) is 0 Å². The van der Waals surface area contributed by atoms with Crippen molar-refractivity contribution in [2.45, 2.75) is 25.4 Å². The van der Waals surface area contributed by atoms with Gasteiger partial charge in [0.2, 0.25) is 0 Å². The fourth-order valence-electron chi connectivity index (χ4n) is 3.52. The van der Waals surface area contributed by atoms with E-state index in [1.165, 1.54) is 43.9 Å². The Hall–Kier alpha value is -0.900. The standard InChI is InChI=1S/C16H25N3/c1-3-13-4-6-14(7-5-13)16(17-2)15-12-18-8-10-19(15)11-9-18/h4-7,15-17H,3,8-12H2,1-2H3. The van der Waals surface area contributed by atoms with Gasteiger partial charge in [0.1, 0.15) is 0 Å². The minimum Gasteiger partial charge on any atom is -0.312 e. The first-order valence-corrected chi connectivity index (χ1v) is 7.54. The minimum absolute atomic E-state index is 0.453. The fraction of sp³-hybridized carbons (Fsp3) is 0.625. The van der Waals surface area contributed by atoms with Crippen LogP contribution in [0.15, 0.2) is 24.3 Å². The highest BCUT2D eigenvalue weighted by molar-refractivity contribution is 5.26. The van der Waals surface area contributed by atoms with Crippen molar-refractivity contribution in [2.75, 3.05) is 39.8 Å². The molecule has 0 saturated carbocycles. The molecular formula is C16H25N3. The molecule has 3 fully saturated rings. The summed E-state index contributed by atoms with van der Waals surface area (Å²) in [5.41, 5.74) is 2.85. The van der Waals surface area contributed by atoms with Crippen molar-refractivity contribution in [3.05, 3.63) is 35.4 Å². The van der Waals surface area contributed by atoms with Gasteiger partial charge in [-0.1, -0.05) is 31.2 Å². The van der Waals surface area contributed by atoms with E-state index in [4.69, 9.17) is 0 Å². The van der Waals surface area contributed by atoms with Crippen LogP contribution in [0.2, 0.25) is 0 Å². The van der Waals surface area contributed by atoms with Crippen molar-refractivity contribution in [3.8, 4) is 0 Å². The number of likely N-dealkylation sites (N-methyl/N-ethyl adjacent to an activating group) is 1. The first-order valence-electron chi connectivity index (χ1n) is 7.54. The zero-order valence-electron chi connectivity index (χ0n) is 12.1. The molecule has 0 aliphatic carbocycles. The van der Waals surface area contributed by atoms with Gasteiger partial charge in [-0.15, -0.1) is 0 Å².